The molecule has 10 nitrogen and oxygen atoms in total. The van der Waals surface area contributed by atoms with Gasteiger partial charge in [0.05, 0.1) is 6.61 Å². The first-order valence-electron chi connectivity index (χ1n) is 20.0. The zero-order chi connectivity index (χ0) is 43.3. The molecule has 4 fully saturated rings. The lowest BCUT2D eigenvalue weighted by atomic mass is 9.75. The van der Waals surface area contributed by atoms with Crippen molar-refractivity contribution < 1.29 is 43.0 Å². The SMILES string of the molecule is CC(C)(C)C1=CSC=CS1.CC(C)(C)C1CC(=O)NC(=O)C1.CC(C)(C)C1CC(=O)OC(=O)C1.CC(C)(C)C1CCC(=O)OC1.CC(C)(C)C1CCCC(=O)O1. The van der Waals surface area contributed by atoms with E-state index in [-0.39, 0.29) is 75.3 Å². The number of thioether (sulfide) groups is 2. The van der Waals surface area contributed by atoms with E-state index in [0.717, 1.165) is 19.3 Å². The number of esters is 4. The number of nitrogens with one attached hydrogen (secondary N) is 1. The maximum Gasteiger partial charge on any atom is 0.313 e. The van der Waals surface area contributed by atoms with E-state index in [2.05, 4.69) is 109 Å². The molecular formula is C44H73NO9S2. The lowest BCUT2D eigenvalue weighted by Gasteiger charge is -2.32. The fourth-order valence-corrected chi connectivity index (χ4v) is 7.87. The maximum atomic E-state index is 11.0. The van der Waals surface area contributed by atoms with Gasteiger partial charge >= 0.3 is 23.9 Å². The Kier molecular flexibility index (Phi) is 20.2. The molecule has 2 atom stereocenters. The summed E-state index contributed by atoms with van der Waals surface area (Å²) >= 11 is 3.60. The van der Waals surface area contributed by atoms with Gasteiger partial charge in [-0.05, 0) is 80.3 Å². The summed E-state index contributed by atoms with van der Waals surface area (Å²) in [7, 11) is 0. The van der Waals surface area contributed by atoms with Crippen molar-refractivity contribution >= 4 is 59.2 Å². The Morgan fingerprint density at radius 2 is 1.07 bits per heavy atom. The number of amides is 2. The molecular weight excluding hydrogens is 751 g/mol. The minimum absolute atomic E-state index is 0.00903. The smallest absolute Gasteiger partial charge is 0.313 e. The van der Waals surface area contributed by atoms with Gasteiger partial charge in [-0.15, -0.1) is 23.5 Å². The van der Waals surface area contributed by atoms with Crippen molar-refractivity contribution in [1.82, 2.24) is 5.32 Å². The first-order valence-corrected chi connectivity index (χ1v) is 21.8. The molecule has 320 valence electrons. The van der Waals surface area contributed by atoms with Crippen LogP contribution in [-0.4, -0.2) is 48.4 Å². The van der Waals surface area contributed by atoms with Crippen LogP contribution in [0.15, 0.2) is 21.1 Å². The van der Waals surface area contributed by atoms with E-state index in [1.54, 1.807) is 11.8 Å². The summed E-state index contributed by atoms with van der Waals surface area (Å²) in [5, 5.41) is 8.79. The third kappa shape index (κ3) is 20.7. The van der Waals surface area contributed by atoms with Gasteiger partial charge in [-0.1, -0.05) is 104 Å². The summed E-state index contributed by atoms with van der Waals surface area (Å²) in [6, 6.07) is 0. The van der Waals surface area contributed by atoms with Crippen LogP contribution >= 0.6 is 23.5 Å². The molecule has 5 heterocycles. The fraction of sp³-hybridized carbons (Fsp3) is 0.773. The van der Waals surface area contributed by atoms with Crippen molar-refractivity contribution in [3.8, 4) is 0 Å². The Bertz CT molecular complexity index is 1330. The number of cyclic esters (lactones) is 4. The number of ether oxygens (including phenoxy) is 3. The fourth-order valence-electron chi connectivity index (χ4n) is 5.94. The van der Waals surface area contributed by atoms with Gasteiger partial charge in [0.15, 0.2) is 0 Å². The molecule has 0 aliphatic carbocycles. The number of rotatable bonds is 0. The van der Waals surface area contributed by atoms with E-state index in [1.807, 2.05) is 32.5 Å². The van der Waals surface area contributed by atoms with Gasteiger partial charge in [-0.2, -0.15) is 0 Å². The first kappa shape index (κ1) is 51.4. The van der Waals surface area contributed by atoms with Crippen molar-refractivity contribution in [3.05, 3.63) is 21.1 Å². The van der Waals surface area contributed by atoms with Gasteiger partial charge in [0, 0.05) is 43.4 Å². The molecule has 12 heteroatoms. The minimum Gasteiger partial charge on any atom is -0.465 e. The molecule has 2 amide bonds. The summed E-state index contributed by atoms with van der Waals surface area (Å²) in [5.41, 5.74) is 0.766. The monoisotopic (exact) mass is 823 g/mol. The topological polar surface area (TPSA) is 142 Å². The highest BCUT2D eigenvalue weighted by Crippen LogP contribution is 2.40. The summed E-state index contributed by atoms with van der Waals surface area (Å²) in [5.74, 6) is -0.235. The molecule has 5 aliphatic heterocycles. The average molecular weight is 824 g/mol. The molecule has 0 saturated carbocycles. The Morgan fingerprint density at radius 3 is 1.41 bits per heavy atom. The van der Waals surface area contributed by atoms with E-state index in [9.17, 15) is 28.8 Å². The van der Waals surface area contributed by atoms with Crippen molar-refractivity contribution in [3.63, 3.8) is 0 Å². The third-order valence-corrected chi connectivity index (χ3v) is 12.6. The number of hydrogen-bond donors (Lipinski definition) is 1. The second-order valence-corrected chi connectivity index (χ2v) is 22.3. The van der Waals surface area contributed by atoms with Gasteiger partial charge in [-0.25, -0.2) is 0 Å². The van der Waals surface area contributed by atoms with E-state index in [0.29, 0.717) is 56.5 Å². The molecule has 1 N–H and O–H groups in total. The Labute approximate surface area is 346 Å². The Morgan fingerprint density at radius 1 is 0.571 bits per heavy atom. The molecule has 0 aromatic rings. The highest BCUT2D eigenvalue weighted by atomic mass is 32.2. The van der Waals surface area contributed by atoms with Crippen LogP contribution in [0, 0.1) is 44.8 Å². The first-order chi connectivity index (χ1) is 25.4. The number of hydrogen-bond acceptors (Lipinski definition) is 11. The summed E-state index contributed by atoms with van der Waals surface area (Å²) in [4.78, 5) is 66.8. The number of imide groups is 1. The second-order valence-electron chi connectivity index (χ2n) is 20.5. The highest BCUT2D eigenvalue weighted by molar-refractivity contribution is 8.11. The van der Waals surface area contributed by atoms with Crippen LogP contribution in [0.4, 0.5) is 0 Å². The van der Waals surface area contributed by atoms with Gasteiger partial charge in [-0.3, -0.25) is 34.1 Å². The quantitative estimate of drug-likeness (QED) is 0.108. The standard InChI is InChI=1S/C9H15NO2.C9H14O3.2C9H16O2.C8H12S2/c1-9(2,3)6-4-7(11)10-8(12)5-6;1-9(2,3)6-4-7(10)12-8(11)5-6;1-9(2,3)7-4-5-8(10)11-6-7;1-9(2,3)7-5-4-6-8(10)11-7;1-8(2,3)7-6-9-4-5-10-7/h6H,4-5H2,1-3H3,(H,10,11,12);6H,4-5H2,1-3H3;2*7H,4-6H2,1-3H3;4-6H,1-3H3. The lowest BCUT2D eigenvalue weighted by Crippen LogP contribution is -2.42. The third-order valence-electron chi connectivity index (χ3n) is 10.3. The number of carbonyl (C=O) groups is 6. The van der Waals surface area contributed by atoms with Gasteiger partial charge in [0.25, 0.3) is 0 Å². The molecule has 0 radical (unpaired) electrons. The van der Waals surface area contributed by atoms with E-state index in [4.69, 9.17) is 9.47 Å². The van der Waals surface area contributed by atoms with Crippen molar-refractivity contribution in [1.29, 1.82) is 0 Å². The van der Waals surface area contributed by atoms with Gasteiger partial charge < -0.3 is 14.2 Å². The number of carbonyl (C=O) groups excluding carboxylic acids is 6. The van der Waals surface area contributed by atoms with Crippen LogP contribution in [0.5, 0.6) is 0 Å². The van der Waals surface area contributed by atoms with Crippen molar-refractivity contribution in [2.24, 2.45) is 44.8 Å². The molecule has 56 heavy (non-hydrogen) atoms. The maximum absolute atomic E-state index is 11.0. The zero-order valence-corrected chi connectivity index (χ0v) is 38.7. The van der Waals surface area contributed by atoms with Crippen LogP contribution in [0.3, 0.4) is 0 Å². The normalized spacial score (nSPS) is 22.7. The average Bonchev–Trinajstić information content (AvgIpc) is 3.04. The molecule has 2 unspecified atom stereocenters. The summed E-state index contributed by atoms with van der Waals surface area (Å²) < 4.78 is 14.6. The Hall–Kier alpha value is -2.60. The van der Waals surface area contributed by atoms with Crippen LogP contribution in [0.25, 0.3) is 0 Å². The molecule has 0 bridgehead atoms. The molecule has 4 saturated heterocycles. The lowest BCUT2D eigenvalue weighted by molar-refractivity contribution is -0.167. The minimum atomic E-state index is -0.383. The number of allylic oxidation sites excluding steroid dienone is 1. The van der Waals surface area contributed by atoms with Crippen LogP contribution in [0.2, 0.25) is 0 Å². The molecule has 5 rings (SSSR count). The van der Waals surface area contributed by atoms with Crippen molar-refractivity contribution in [2.45, 2.75) is 168 Å². The summed E-state index contributed by atoms with van der Waals surface area (Å²) in [6.07, 6.45) is 6.03. The largest absolute Gasteiger partial charge is 0.465 e. The highest BCUT2D eigenvalue weighted by Gasteiger charge is 2.36. The second kappa shape index (κ2) is 22.0. The van der Waals surface area contributed by atoms with E-state index >= 15 is 0 Å². The van der Waals surface area contributed by atoms with Crippen LogP contribution in [0.1, 0.15) is 162 Å². The van der Waals surface area contributed by atoms with Gasteiger partial charge in [0.1, 0.15) is 6.10 Å². The van der Waals surface area contributed by atoms with E-state index in [1.165, 1.54) is 4.91 Å². The predicted octanol–water partition coefficient (Wildman–Crippen LogP) is 10.5. The molecule has 0 aromatic carbocycles. The van der Waals surface area contributed by atoms with E-state index < -0.39 is 0 Å². The summed E-state index contributed by atoms with van der Waals surface area (Å²) in [6.45, 7) is 32.5. The molecule has 0 spiro atoms. The zero-order valence-electron chi connectivity index (χ0n) is 37.1. The van der Waals surface area contributed by atoms with Crippen molar-refractivity contribution in [2.75, 3.05) is 6.61 Å². The Balaban J connectivity index is 0.000000350. The number of piperidine rings is 1. The molecule has 0 aromatic heterocycles. The van der Waals surface area contributed by atoms with Crippen LogP contribution < -0.4 is 5.32 Å². The van der Waals surface area contributed by atoms with Gasteiger partial charge in [0.2, 0.25) is 11.8 Å². The predicted molar refractivity (Wildman–Crippen MR) is 227 cm³/mol. The molecule has 5 aliphatic rings. The van der Waals surface area contributed by atoms with Crippen LogP contribution in [-0.2, 0) is 43.0 Å².